The van der Waals surface area contributed by atoms with Crippen molar-refractivity contribution >= 4 is 12.0 Å². The second kappa shape index (κ2) is 8.74. The van der Waals surface area contributed by atoms with Crippen LogP contribution in [0.25, 0.3) is 0 Å². The summed E-state index contributed by atoms with van der Waals surface area (Å²) in [4.78, 5) is 25.8. The lowest BCUT2D eigenvalue weighted by Gasteiger charge is -2.30. The molecule has 0 aliphatic carbocycles. The van der Waals surface area contributed by atoms with E-state index in [0.29, 0.717) is 44.1 Å². The number of likely N-dealkylation sites (N-methyl/N-ethyl adjacent to an activating group) is 1. The van der Waals surface area contributed by atoms with Gasteiger partial charge in [0.05, 0.1) is 18.3 Å². The van der Waals surface area contributed by atoms with Gasteiger partial charge in [0.2, 0.25) is 5.95 Å². The van der Waals surface area contributed by atoms with Crippen molar-refractivity contribution in [1.82, 2.24) is 25.1 Å². The molecule has 7 nitrogen and oxygen atoms in total. The van der Waals surface area contributed by atoms with Gasteiger partial charge in [0.25, 0.3) is 0 Å². The van der Waals surface area contributed by atoms with Crippen molar-refractivity contribution in [1.29, 1.82) is 0 Å². The fourth-order valence-corrected chi connectivity index (χ4v) is 4.28. The van der Waals surface area contributed by atoms with Gasteiger partial charge in [-0.05, 0) is 50.6 Å². The van der Waals surface area contributed by atoms with Crippen LogP contribution in [0.3, 0.4) is 0 Å². The topological polar surface area (TPSA) is 73.4 Å². The lowest BCUT2D eigenvalue weighted by molar-refractivity contribution is 0.186. The van der Waals surface area contributed by atoms with Crippen LogP contribution in [-0.4, -0.2) is 64.6 Å². The van der Waals surface area contributed by atoms with Crippen LogP contribution < -0.4 is 10.6 Å². The molecule has 2 amide bonds. The molecule has 0 unspecified atom stereocenters. The van der Waals surface area contributed by atoms with Gasteiger partial charge in [0.1, 0.15) is 0 Å². The summed E-state index contributed by atoms with van der Waals surface area (Å²) in [6.45, 7) is 6.34. The minimum Gasteiger partial charge on any atom is -0.352 e. The number of halogens is 2. The van der Waals surface area contributed by atoms with Gasteiger partial charge < -0.3 is 20.4 Å². The van der Waals surface area contributed by atoms with Crippen molar-refractivity contribution in [3.63, 3.8) is 0 Å². The van der Waals surface area contributed by atoms with Gasteiger partial charge in [-0.2, -0.15) is 0 Å². The summed E-state index contributed by atoms with van der Waals surface area (Å²) >= 11 is 0. The molecule has 0 saturated carbocycles. The van der Waals surface area contributed by atoms with Crippen LogP contribution in [0.1, 0.15) is 36.6 Å². The molecule has 1 aromatic heterocycles. The first-order chi connectivity index (χ1) is 14.8. The van der Waals surface area contributed by atoms with E-state index in [9.17, 15) is 13.6 Å². The van der Waals surface area contributed by atoms with Crippen molar-refractivity contribution in [2.45, 2.75) is 44.8 Å². The fraction of sp³-hybridized carbons (Fsp3) is 0.500. The molecule has 2 aliphatic heterocycles. The van der Waals surface area contributed by atoms with E-state index in [4.69, 9.17) is 0 Å². The number of carbonyl (C=O) groups excluding carboxylic acids is 1. The third-order valence-corrected chi connectivity index (χ3v) is 5.83. The number of aromatic nitrogens is 2. The van der Waals surface area contributed by atoms with Crippen LogP contribution >= 0.6 is 0 Å². The summed E-state index contributed by atoms with van der Waals surface area (Å²) in [5.41, 5.74) is 2.59. The van der Waals surface area contributed by atoms with Crippen LogP contribution in [0, 0.1) is 11.6 Å². The first-order valence-electron chi connectivity index (χ1n) is 10.6. The van der Waals surface area contributed by atoms with Gasteiger partial charge in [-0.1, -0.05) is 6.07 Å². The minimum absolute atomic E-state index is 0.106. The highest BCUT2D eigenvalue weighted by molar-refractivity contribution is 5.75. The van der Waals surface area contributed by atoms with E-state index < -0.39 is 11.6 Å². The maximum atomic E-state index is 13.8. The lowest BCUT2D eigenvalue weighted by atomic mass is 9.94. The molecule has 1 fully saturated rings. The lowest BCUT2D eigenvalue weighted by Crippen LogP contribution is -2.49. The number of nitrogens with zero attached hydrogens (tertiary/aromatic N) is 4. The molecule has 0 bridgehead atoms. The molecule has 0 radical (unpaired) electrons. The molecule has 0 spiro atoms. The fourth-order valence-electron chi connectivity index (χ4n) is 4.28. The van der Waals surface area contributed by atoms with Crippen LogP contribution in [-0.2, 0) is 13.0 Å². The monoisotopic (exact) mass is 430 g/mol. The maximum absolute atomic E-state index is 13.8. The van der Waals surface area contributed by atoms with E-state index in [1.165, 1.54) is 6.07 Å². The number of hydrogen-bond donors (Lipinski definition) is 2. The molecule has 2 aromatic rings. The molecule has 2 aliphatic rings. The number of anilines is 1. The molecule has 166 valence electrons. The maximum Gasteiger partial charge on any atom is 0.318 e. The molecule has 1 aromatic carbocycles. The van der Waals surface area contributed by atoms with Crippen LogP contribution in [0.4, 0.5) is 19.5 Å². The Balaban J connectivity index is 1.45. The Morgan fingerprint density at radius 2 is 2.03 bits per heavy atom. The number of nitrogens with one attached hydrogen (secondary N) is 2. The van der Waals surface area contributed by atoms with Gasteiger partial charge in [-0.3, -0.25) is 0 Å². The molecular weight excluding hydrogens is 402 g/mol. The Morgan fingerprint density at radius 3 is 2.77 bits per heavy atom. The Labute approximate surface area is 180 Å². The van der Waals surface area contributed by atoms with E-state index in [2.05, 4.69) is 25.5 Å². The van der Waals surface area contributed by atoms with Gasteiger partial charge in [0, 0.05) is 37.8 Å². The van der Waals surface area contributed by atoms with Crippen molar-refractivity contribution in [3.8, 4) is 0 Å². The number of carbonyl (C=O) groups is 1. The number of amides is 2. The van der Waals surface area contributed by atoms with Crippen molar-refractivity contribution in [3.05, 3.63) is 52.9 Å². The predicted molar refractivity (Wildman–Crippen MR) is 114 cm³/mol. The Hall–Kier alpha value is -2.81. The van der Waals surface area contributed by atoms with Crippen molar-refractivity contribution < 1.29 is 13.6 Å². The van der Waals surface area contributed by atoms with E-state index in [-0.39, 0.29) is 24.0 Å². The number of urea groups is 1. The Kier molecular flexibility index (Phi) is 6.04. The van der Waals surface area contributed by atoms with E-state index in [1.807, 2.05) is 27.1 Å². The van der Waals surface area contributed by atoms with Gasteiger partial charge in [-0.15, -0.1) is 0 Å². The highest BCUT2D eigenvalue weighted by Gasteiger charge is 2.35. The third kappa shape index (κ3) is 4.76. The average Bonchev–Trinajstić information content (AvgIpc) is 3.09. The second-order valence-corrected chi connectivity index (χ2v) is 8.69. The summed E-state index contributed by atoms with van der Waals surface area (Å²) in [6, 6.07) is 3.83. The number of benzene rings is 1. The van der Waals surface area contributed by atoms with Gasteiger partial charge in [-0.25, -0.2) is 23.5 Å². The standard InChI is InChI=1S/C22H28F2N6O/c1-13(2)26-21-25-9-15-6-7-30(12-19(15)27-21)22(31)28-20-11-29(3)10-16(20)14-4-5-17(23)18(24)8-14/h4-5,8-9,13,16,20H,6-7,10-12H2,1-3H3,(H,28,31)(H,25,26,27)/t16-,20+/m0/s1. The van der Waals surface area contributed by atoms with Crippen molar-refractivity contribution in [2.75, 3.05) is 32.0 Å². The molecule has 2 N–H and O–H groups in total. The summed E-state index contributed by atoms with van der Waals surface area (Å²) in [6.07, 6.45) is 2.52. The van der Waals surface area contributed by atoms with Crippen LogP contribution in [0.15, 0.2) is 24.4 Å². The molecule has 1 saturated heterocycles. The highest BCUT2D eigenvalue weighted by Crippen LogP contribution is 2.28. The Bertz CT molecular complexity index is 969. The first kappa shape index (κ1) is 21.4. The number of hydrogen-bond acceptors (Lipinski definition) is 5. The normalized spacial score (nSPS) is 21.3. The van der Waals surface area contributed by atoms with Crippen LogP contribution in [0.5, 0.6) is 0 Å². The van der Waals surface area contributed by atoms with E-state index in [0.717, 1.165) is 17.3 Å². The minimum atomic E-state index is -0.865. The largest absolute Gasteiger partial charge is 0.352 e. The van der Waals surface area contributed by atoms with Gasteiger partial charge >= 0.3 is 6.03 Å². The molecular formula is C22H28F2N6O. The first-order valence-corrected chi connectivity index (χ1v) is 10.6. The number of likely N-dealkylation sites (tertiary alicyclic amines) is 1. The number of fused-ring (bicyclic) bond motifs is 1. The van der Waals surface area contributed by atoms with Gasteiger partial charge in [0.15, 0.2) is 11.6 Å². The Morgan fingerprint density at radius 1 is 1.23 bits per heavy atom. The molecule has 4 rings (SSSR count). The molecule has 3 heterocycles. The zero-order valence-electron chi connectivity index (χ0n) is 18.0. The summed E-state index contributed by atoms with van der Waals surface area (Å²) in [5.74, 6) is -1.27. The summed E-state index contributed by atoms with van der Waals surface area (Å²) in [7, 11) is 1.95. The SMILES string of the molecule is CC(C)Nc1ncc2c(n1)CN(C(=O)N[C@@H]1CN(C)C[C@H]1c1ccc(F)c(F)c1)CC2. The second-order valence-electron chi connectivity index (χ2n) is 8.69. The zero-order chi connectivity index (χ0) is 22.1. The smallest absolute Gasteiger partial charge is 0.318 e. The van der Waals surface area contributed by atoms with E-state index in [1.54, 1.807) is 11.0 Å². The summed E-state index contributed by atoms with van der Waals surface area (Å²) in [5, 5.41) is 6.30. The van der Waals surface area contributed by atoms with Crippen molar-refractivity contribution in [2.24, 2.45) is 0 Å². The average molecular weight is 431 g/mol. The highest BCUT2D eigenvalue weighted by atomic mass is 19.2. The molecule has 9 heteroatoms. The van der Waals surface area contributed by atoms with E-state index >= 15 is 0 Å². The molecule has 31 heavy (non-hydrogen) atoms. The number of rotatable bonds is 4. The predicted octanol–water partition coefficient (Wildman–Crippen LogP) is 2.74. The molecule has 2 atom stereocenters. The third-order valence-electron chi connectivity index (χ3n) is 5.83. The van der Waals surface area contributed by atoms with Crippen LogP contribution in [0.2, 0.25) is 0 Å². The zero-order valence-corrected chi connectivity index (χ0v) is 18.0. The quantitative estimate of drug-likeness (QED) is 0.781. The summed E-state index contributed by atoms with van der Waals surface area (Å²) < 4.78 is 27.1.